The lowest BCUT2D eigenvalue weighted by Crippen LogP contribution is -2.54. The number of hydrogen-bond acceptors (Lipinski definition) is 4. The molecule has 1 atom stereocenters. The number of rotatable bonds is 10. The average molecular weight is 623 g/mol. The van der Waals surface area contributed by atoms with Crippen molar-refractivity contribution in [2.24, 2.45) is 0 Å². The summed E-state index contributed by atoms with van der Waals surface area (Å²) in [6.45, 7) is 1.10. The second kappa shape index (κ2) is 13.6. The van der Waals surface area contributed by atoms with Crippen LogP contribution in [-0.2, 0) is 26.2 Å². The van der Waals surface area contributed by atoms with Crippen molar-refractivity contribution in [3.63, 3.8) is 0 Å². The zero-order valence-corrected chi connectivity index (χ0v) is 25.1. The number of sulfonamides is 1. The zero-order chi connectivity index (χ0) is 28.0. The second-order valence-corrected chi connectivity index (χ2v) is 12.8. The smallest absolute Gasteiger partial charge is 0.244 e. The molecule has 0 unspecified atom stereocenters. The lowest BCUT2D eigenvalue weighted by Gasteiger charge is -2.34. The minimum absolute atomic E-state index is 0.00447. The summed E-state index contributed by atoms with van der Waals surface area (Å²) in [5, 5.41) is 3.88. The fourth-order valence-corrected chi connectivity index (χ4v) is 6.42. The Balaban J connectivity index is 1.99. The van der Waals surface area contributed by atoms with Gasteiger partial charge in [-0.3, -0.25) is 13.9 Å². The van der Waals surface area contributed by atoms with Gasteiger partial charge in [0, 0.05) is 28.2 Å². The molecule has 0 bridgehead atoms. The number of nitrogens with one attached hydrogen (secondary N) is 1. The summed E-state index contributed by atoms with van der Waals surface area (Å²) >= 11 is 25.3. The highest BCUT2D eigenvalue weighted by Gasteiger charge is 2.34. The van der Waals surface area contributed by atoms with Crippen LogP contribution in [0.2, 0.25) is 20.1 Å². The van der Waals surface area contributed by atoms with Crippen LogP contribution >= 0.6 is 46.4 Å². The molecule has 1 aliphatic carbocycles. The number of halogens is 4. The number of carbonyl (C=O) groups is 2. The maximum absolute atomic E-state index is 13.9. The molecule has 1 N–H and O–H groups in total. The van der Waals surface area contributed by atoms with E-state index in [0.29, 0.717) is 22.0 Å². The Bertz CT molecular complexity index is 1250. The van der Waals surface area contributed by atoms with Gasteiger partial charge in [-0.2, -0.15) is 0 Å². The SMILES string of the molecule is CC[C@@H](C(=O)NC1CCCCC1)N(Cc1c(Cl)cccc1Cl)C(=O)CN(c1cccc(Cl)c1Cl)S(C)(=O)=O. The van der Waals surface area contributed by atoms with Crippen molar-refractivity contribution >= 4 is 73.9 Å². The molecule has 0 saturated heterocycles. The number of benzene rings is 2. The number of anilines is 1. The number of hydrogen-bond donors (Lipinski definition) is 1. The van der Waals surface area contributed by atoms with Crippen LogP contribution in [0.3, 0.4) is 0 Å². The highest BCUT2D eigenvalue weighted by molar-refractivity contribution is 7.92. The van der Waals surface area contributed by atoms with E-state index in [4.69, 9.17) is 46.4 Å². The van der Waals surface area contributed by atoms with E-state index in [0.717, 1.165) is 42.7 Å². The first-order valence-electron chi connectivity index (χ1n) is 12.4. The summed E-state index contributed by atoms with van der Waals surface area (Å²) in [6, 6.07) is 8.64. The summed E-state index contributed by atoms with van der Waals surface area (Å²) in [5.41, 5.74) is 0.519. The van der Waals surface area contributed by atoms with Crippen LogP contribution in [-0.4, -0.2) is 50.0 Å². The van der Waals surface area contributed by atoms with Gasteiger partial charge in [0.15, 0.2) is 0 Å². The Kier molecular flexibility index (Phi) is 11.0. The molecule has 1 aliphatic rings. The van der Waals surface area contributed by atoms with Crippen LogP contribution in [0.4, 0.5) is 5.69 Å². The van der Waals surface area contributed by atoms with E-state index in [9.17, 15) is 18.0 Å². The first kappa shape index (κ1) is 30.8. The molecular formula is C26H31Cl4N3O4S. The fourth-order valence-electron chi connectivity index (χ4n) is 4.60. The van der Waals surface area contributed by atoms with E-state index in [1.165, 1.54) is 17.0 Å². The third kappa shape index (κ3) is 7.69. The van der Waals surface area contributed by atoms with Crippen LogP contribution in [0.15, 0.2) is 36.4 Å². The van der Waals surface area contributed by atoms with Crippen LogP contribution < -0.4 is 9.62 Å². The molecule has 0 aliphatic heterocycles. The molecule has 1 fully saturated rings. The Morgan fingerprint density at radius 1 is 0.974 bits per heavy atom. The number of carbonyl (C=O) groups excluding carboxylic acids is 2. The molecule has 1 saturated carbocycles. The van der Waals surface area contributed by atoms with Crippen molar-refractivity contribution in [3.05, 3.63) is 62.1 Å². The molecule has 38 heavy (non-hydrogen) atoms. The predicted molar refractivity (Wildman–Crippen MR) is 155 cm³/mol. The lowest BCUT2D eigenvalue weighted by molar-refractivity contribution is -0.140. The van der Waals surface area contributed by atoms with Crippen LogP contribution in [0.5, 0.6) is 0 Å². The van der Waals surface area contributed by atoms with Gasteiger partial charge in [0.2, 0.25) is 21.8 Å². The molecule has 2 amide bonds. The monoisotopic (exact) mass is 621 g/mol. The molecule has 3 rings (SSSR count). The van der Waals surface area contributed by atoms with Crippen molar-refractivity contribution in [1.82, 2.24) is 10.2 Å². The van der Waals surface area contributed by atoms with E-state index in [1.807, 2.05) is 0 Å². The van der Waals surface area contributed by atoms with Gasteiger partial charge in [-0.25, -0.2) is 8.42 Å². The molecule has 7 nitrogen and oxygen atoms in total. The summed E-state index contributed by atoms with van der Waals surface area (Å²) in [5.74, 6) is -0.921. The Labute approximate surface area is 244 Å². The third-order valence-corrected chi connectivity index (χ3v) is 9.25. The highest BCUT2D eigenvalue weighted by Crippen LogP contribution is 2.34. The van der Waals surface area contributed by atoms with Gasteiger partial charge in [-0.1, -0.05) is 84.7 Å². The Morgan fingerprint density at radius 3 is 2.13 bits per heavy atom. The summed E-state index contributed by atoms with van der Waals surface area (Å²) in [4.78, 5) is 28.7. The lowest BCUT2D eigenvalue weighted by atomic mass is 9.95. The van der Waals surface area contributed by atoms with E-state index in [-0.39, 0.29) is 34.2 Å². The Morgan fingerprint density at radius 2 is 1.55 bits per heavy atom. The van der Waals surface area contributed by atoms with Gasteiger partial charge in [-0.05, 0) is 43.5 Å². The van der Waals surface area contributed by atoms with Crippen molar-refractivity contribution < 1.29 is 18.0 Å². The van der Waals surface area contributed by atoms with E-state index in [2.05, 4.69) is 5.32 Å². The third-order valence-electron chi connectivity index (χ3n) is 6.61. The number of amides is 2. The topological polar surface area (TPSA) is 86.8 Å². The second-order valence-electron chi connectivity index (χ2n) is 9.33. The molecule has 0 aromatic heterocycles. The van der Waals surface area contributed by atoms with E-state index < -0.39 is 28.5 Å². The summed E-state index contributed by atoms with van der Waals surface area (Å²) < 4.78 is 26.5. The molecule has 0 spiro atoms. The van der Waals surface area contributed by atoms with E-state index in [1.54, 1.807) is 31.2 Å². The molecule has 0 heterocycles. The zero-order valence-electron chi connectivity index (χ0n) is 21.2. The van der Waals surface area contributed by atoms with Gasteiger partial charge in [0.05, 0.1) is 22.0 Å². The van der Waals surface area contributed by atoms with Crippen LogP contribution in [0.1, 0.15) is 51.0 Å². The quantitative estimate of drug-likeness (QED) is 0.336. The maximum atomic E-state index is 13.9. The van der Waals surface area contributed by atoms with Gasteiger partial charge in [0.1, 0.15) is 12.6 Å². The molecule has 2 aromatic carbocycles. The molecular weight excluding hydrogens is 592 g/mol. The average Bonchev–Trinajstić information content (AvgIpc) is 2.86. The van der Waals surface area contributed by atoms with Gasteiger partial charge < -0.3 is 10.2 Å². The first-order valence-corrected chi connectivity index (χ1v) is 15.7. The molecule has 0 radical (unpaired) electrons. The van der Waals surface area contributed by atoms with Gasteiger partial charge >= 0.3 is 0 Å². The molecule has 2 aromatic rings. The van der Waals surface area contributed by atoms with Gasteiger partial charge in [0.25, 0.3) is 0 Å². The largest absolute Gasteiger partial charge is 0.352 e. The summed E-state index contributed by atoms with van der Waals surface area (Å²) in [6.07, 6.45) is 6.21. The summed E-state index contributed by atoms with van der Waals surface area (Å²) in [7, 11) is -3.96. The Hall–Kier alpha value is -1.71. The van der Waals surface area contributed by atoms with Crippen molar-refractivity contribution in [1.29, 1.82) is 0 Å². The van der Waals surface area contributed by atoms with Gasteiger partial charge in [-0.15, -0.1) is 0 Å². The fraction of sp³-hybridized carbons (Fsp3) is 0.462. The standard InChI is InChI=1S/C26H31Cl4N3O4S/c1-3-22(26(35)31-17-9-5-4-6-10-17)32(15-18-19(27)11-7-12-20(18)28)24(34)16-33(38(2,36)37)23-14-8-13-21(29)25(23)30/h7-8,11-14,17,22H,3-6,9-10,15-16H2,1-2H3,(H,31,35)/t22-/m0/s1. The predicted octanol–water partition coefficient (Wildman–Crippen LogP) is 6.32. The minimum Gasteiger partial charge on any atom is -0.352 e. The van der Waals surface area contributed by atoms with Crippen molar-refractivity contribution in [2.75, 3.05) is 17.1 Å². The highest BCUT2D eigenvalue weighted by atomic mass is 35.5. The molecule has 208 valence electrons. The van der Waals surface area contributed by atoms with Crippen LogP contribution in [0, 0.1) is 0 Å². The first-order chi connectivity index (χ1) is 17.9. The van der Waals surface area contributed by atoms with E-state index >= 15 is 0 Å². The van der Waals surface area contributed by atoms with Crippen molar-refractivity contribution in [2.45, 2.75) is 64.1 Å². The number of nitrogens with zero attached hydrogens (tertiary/aromatic N) is 2. The van der Waals surface area contributed by atoms with Crippen molar-refractivity contribution in [3.8, 4) is 0 Å². The normalized spacial score (nSPS) is 15.1. The molecule has 12 heteroatoms. The maximum Gasteiger partial charge on any atom is 0.244 e. The minimum atomic E-state index is -3.96. The van der Waals surface area contributed by atoms with Crippen LogP contribution in [0.25, 0.3) is 0 Å².